The normalized spacial score (nSPS) is 12.3. The maximum atomic E-state index is 8.50. The molecule has 0 aliphatic carbocycles. The summed E-state index contributed by atoms with van der Waals surface area (Å²) in [5, 5.41) is 8.50. The minimum atomic E-state index is -0.0458. The van der Waals surface area contributed by atoms with Crippen LogP contribution in [0.1, 0.15) is 6.42 Å². The van der Waals surface area contributed by atoms with Crippen LogP contribution in [0, 0.1) is 17.2 Å². The van der Waals surface area contributed by atoms with Gasteiger partial charge in [0.15, 0.2) is 0 Å². The Morgan fingerprint density at radius 1 is 1.50 bits per heavy atom. The molecule has 0 amide bonds. The van der Waals surface area contributed by atoms with Gasteiger partial charge in [0.25, 0.3) is 0 Å². The van der Waals surface area contributed by atoms with Crippen LogP contribution in [-0.2, 0) is 0 Å². The smallest absolute Gasteiger partial charge is 0.0700 e. The van der Waals surface area contributed by atoms with Crippen molar-refractivity contribution < 1.29 is 0 Å². The fraction of sp³-hybridized carbons (Fsp3) is 0.222. The van der Waals surface area contributed by atoms with Gasteiger partial charge in [-0.05, 0) is 6.42 Å². The van der Waals surface area contributed by atoms with Gasteiger partial charge < -0.3 is 0 Å². The van der Waals surface area contributed by atoms with Crippen LogP contribution in [0.5, 0.6) is 0 Å². The highest BCUT2D eigenvalue weighted by Crippen LogP contribution is 2.03. The van der Waals surface area contributed by atoms with E-state index in [0.717, 1.165) is 0 Å². The topological polar surface area (TPSA) is 23.8 Å². The first-order valence-electron chi connectivity index (χ1n) is 3.15. The van der Waals surface area contributed by atoms with Gasteiger partial charge in [0.05, 0.1) is 12.0 Å². The van der Waals surface area contributed by atoms with E-state index in [9.17, 15) is 0 Å². The highest BCUT2D eigenvalue weighted by molar-refractivity contribution is 5.07. The molecular formula is C9H11N. The van der Waals surface area contributed by atoms with Gasteiger partial charge in [-0.1, -0.05) is 30.9 Å². The molecule has 1 heteroatoms. The molecular weight excluding hydrogens is 122 g/mol. The molecule has 0 saturated carbocycles. The van der Waals surface area contributed by atoms with E-state index in [1.54, 1.807) is 18.2 Å². The zero-order valence-corrected chi connectivity index (χ0v) is 5.96. The van der Waals surface area contributed by atoms with Crippen LogP contribution in [0.3, 0.4) is 0 Å². The molecule has 0 aliphatic rings. The Balaban J connectivity index is 3.84. The third-order valence-corrected chi connectivity index (χ3v) is 1.07. The van der Waals surface area contributed by atoms with E-state index in [-0.39, 0.29) is 5.92 Å². The molecule has 10 heavy (non-hydrogen) atoms. The van der Waals surface area contributed by atoms with E-state index >= 15 is 0 Å². The summed E-state index contributed by atoms with van der Waals surface area (Å²) in [7, 11) is 0. The standard InChI is InChI=1S/C9H11N/c1-3-5-7-9(8-10)6-4-2/h3-5,7,9H,1-2,6H2. The van der Waals surface area contributed by atoms with Crippen molar-refractivity contribution in [3.8, 4) is 6.07 Å². The molecule has 0 saturated heterocycles. The summed E-state index contributed by atoms with van der Waals surface area (Å²) in [6, 6.07) is 2.13. The van der Waals surface area contributed by atoms with E-state index in [4.69, 9.17) is 5.26 Å². The first kappa shape index (κ1) is 8.71. The highest BCUT2D eigenvalue weighted by atomic mass is 14.3. The molecule has 0 spiro atoms. The zero-order chi connectivity index (χ0) is 7.82. The number of allylic oxidation sites excluding steroid dienone is 4. The molecule has 1 atom stereocenters. The van der Waals surface area contributed by atoms with E-state index in [2.05, 4.69) is 19.2 Å². The average Bonchev–Trinajstić information content (AvgIpc) is 1.98. The van der Waals surface area contributed by atoms with Crippen molar-refractivity contribution in [1.29, 1.82) is 5.26 Å². The summed E-state index contributed by atoms with van der Waals surface area (Å²) in [6.07, 6.45) is 7.70. The van der Waals surface area contributed by atoms with Gasteiger partial charge >= 0.3 is 0 Å². The average molecular weight is 133 g/mol. The van der Waals surface area contributed by atoms with Gasteiger partial charge in [-0.3, -0.25) is 0 Å². The van der Waals surface area contributed by atoms with Crippen LogP contribution in [0.2, 0.25) is 0 Å². The zero-order valence-electron chi connectivity index (χ0n) is 5.96. The van der Waals surface area contributed by atoms with Crippen molar-refractivity contribution in [2.75, 3.05) is 0 Å². The molecule has 52 valence electrons. The lowest BCUT2D eigenvalue weighted by Gasteiger charge is -1.94. The number of nitrogens with zero attached hydrogens (tertiary/aromatic N) is 1. The first-order valence-corrected chi connectivity index (χ1v) is 3.15. The lowest BCUT2D eigenvalue weighted by molar-refractivity contribution is 0.849. The Labute approximate surface area is 62.0 Å². The van der Waals surface area contributed by atoms with Gasteiger partial charge in [-0.2, -0.15) is 5.26 Å². The maximum Gasteiger partial charge on any atom is 0.0700 e. The van der Waals surface area contributed by atoms with Crippen molar-refractivity contribution >= 4 is 0 Å². The van der Waals surface area contributed by atoms with Gasteiger partial charge in [-0.15, -0.1) is 6.58 Å². The molecule has 0 bridgehead atoms. The monoisotopic (exact) mass is 133 g/mol. The molecule has 0 fully saturated rings. The third-order valence-electron chi connectivity index (χ3n) is 1.07. The Kier molecular flexibility index (Phi) is 5.09. The summed E-state index contributed by atoms with van der Waals surface area (Å²) < 4.78 is 0. The Morgan fingerprint density at radius 3 is 2.60 bits per heavy atom. The molecule has 0 aromatic heterocycles. The van der Waals surface area contributed by atoms with Crippen molar-refractivity contribution in [2.24, 2.45) is 5.92 Å². The van der Waals surface area contributed by atoms with Crippen LogP contribution in [-0.4, -0.2) is 0 Å². The minimum Gasteiger partial charge on any atom is -0.198 e. The predicted molar refractivity (Wildman–Crippen MR) is 43.3 cm³/mol. The maximum absolute atomic E-state index is 8.50. The number of rotatable bonds is 4. The van der Waals surface area contributed by atoms with Crippen molar-refractivity contribution in [3.63, 3.8) is 0 Å². The van der Waals surface area contributed by atoms with Crippen molar-refractivity contribution in [3.05, 3.63) is 37.5 Å². The second-order valence-corrected chi connectivity index (χ2v) is 1.88. The van der Waals surface area contributed by atoms with E-state index in [0.29, 0.717) is 6.42 Å². The second kappa shape index (κ2) is 5.84. The van der Waals surface area contributed by atoms with Gasteiger partial charge in [0.1, 0.15) is 0 Å². The summed E-state index contributed by atoms with van der Waals surface area (Å²) in [4.78, 5) is 0. The Hall–Kier alpha value is -1.29. The molecule has 0 aliphatic heterocycles. The Morgan fingerprint density at radius 2 is 2.20 bits per heavy atom. The molecule has 1 unspecified atom stereocenters. The van der Waals surface area contributed by atoms with Crippen LogP contribution >= 0.6 is 0 Å². The SMILES string of the molecule is C=CC=CC(C#N)CC=C. The number of hydrogen-bond acceptors (Lipinski definition) is 1. The molecule has 0 N–H and O–H groups in total. The van der Waals surface area contributed by atoms with Crippen molar-refractivity contribution in [1.82, 2.24) is 0 Å². The first-order chi connectivity index (χ1) is 4.85. The van der Waals surface area contributed by atoms with Gasteiger partial charge in [-0.25, -0.2) is 0 Å². The lowest BCUT2D eigenvalue weighted by Crippen LogP contribution is -1.87. The van der Waals surface area contributed by atoms with E-state index < -0.39 is 0 Å². The number of hydrogen-bond donors (Lipinski definition) is 0. The molecule has 1 nitrogen and oxygen atoms in total. The second-order valence-electron chi connectivity index (χ2n) is 1.88. The number of nitriles is 1. The van der Waals surface area contributed by atoms with Crippen LogP contribution in [0.25, 0.3) is 0 Å². The molecule has 0 aromatic rings. The molecule has 0 rings (SSSR count). The lowest BCUT2D eigenvalue weighted by atomic mass is 10.1. The fourth-order valence-corrected chi connectivity index (χ4v) is 0.567. The quantitative estimate of drug-likeness (QED) is 0.427. The molecule has 0 heterocycles. The third kappa shape index (κ3) is 3.68. The van der Waals surface area contributed by atoms with E-state index in [1.165, 1.54) is 0 Å². The summed E-state index contributed by atoms with van der Waals surface area (Å²) in [6.45, 7) is 7.05. The molecule has 0 aromatic carbocycles. The fourth-order valence-electron chi connectivity index (χ4n) is 0.567. The predicted octanol–water partition coefficient (Wildman–Crippen LogP) is 2.44. The van der Waals surface area contributed by atoms with Crippen LogP contribution < -0.4 is 0 Å². The van der Waals surface area contributed by atoms with Crippen LogP contribution in [0.15, 0.2) is 37.5 Å². The Bertz CT molecular complexity index is 172. The molecule has 0 radical (unpaired) electrons. The van der Waals surface area contributed by atoms with E-state index in [1.807, 2.05) is 6.08 Å². The summed E-state index contributed by atoms with van der Waals surface area (Å²) >= 11 is 0. The summed E-state index contributed by atoms with van der Waals surface area (Å²) in [5.41, 5.74) is 0. The van der Waals surface area contributed by atoms with Crippen LogP contribution in [0.4, 0.5) is 0 Å². The largest absolute Gasteiger partial charge is 0.198 e. The van der Waals surface area contributed by atoms with Gasteiger partial charge in [0.2, 0.25) is 0 Å². The van der Waals surface area contributed by atoms with Crippen molar-refractivity contribution in [2.45, 2.75) is 6.42 Å². The van der Waals surface area contributed by atoms with Gasteiger partial charge in [0, 0.05) is 0 Å². The summed E-state index contributed by atoms with van der Waals surface area (Å²) in [5.74, 6) is -0.0458. The highest BCUT2D eigenvalue weighted by Gasteiger charge is 1.96. The minimum absolute atomic E-state index is 0.0458.